The lowest BCUT2D eigenvalue weighted by Gasteiger charge is -2.05. The molecule has 0 aliphatic carbocycles. The van der Waals surface area contributed by atoms with Crippen LogP contribution in [0.5, 0.6) is 0 Å². The molecule has 0 atom stereocenters. The zero-order chi connectivity index (χ0) is 11.2. The summed E-state index contributed by atoms with van der Waals surface area (Å²) in [7, 11) is 1.66. The van der Waals surface area contributed by atoms with Gasteiger partial charge in [-0.25, -0.2) is 9.18 Å². The van der Waals surface area contributed by atoms with E-state index in [0.717, 1.165) is 5.52 Å². The van der Waals surface area contributed by atoms with E-state index in [1.165, 1.54) is 16.7 Å². The number of halogens is 1. The predicted octanol–water partition coefficient (Wildman–Crippen LogP) is 2.06. The van der Waals surface area contributed by atoms with Crippen molar-refractivity contribution in [2.24, 2.45) is 7.05 Å². The fourth-order valence-electron chi connectivity index (χ4n) is 1.84. The number of benzene rings is 1. The van der Waals surface area contributed by atoms with Crippen LogP contribution in [0.3, 0.4) is 0 Å². The smallest absolute Gasteiger partial charge is 0.295 e. The Morgan fingerprint density at radius 1 is 1.27 bits per heavy atom. The third-order valence-corrected chi connectivity index (χ3v) is 2.57. The van der Waals surface area contributed by atoms with Gasteiger partial charge in [-0.2, -0.15) is 0 Å². The highest BCUT2D eigenvalue weighted by Gasteiger charge is 2.12. The van der Waals surface area contributed by atoms with E-state index in [2.05, 4.69) is 0 Å². The summed E-state index contributed by atoms with van der Waals surface area (Å²) in [6.45, 7) is 3.87. The number of hydrogen-bond acceptors (Lipinski definition) is 1. The maximum atomic E-state index is 13.0. The van der Waals surface area contributed by atoms with E-state index in [1.54, 1.807) is 17.7 Å². The minimum absolute atomic E-state index is 0.0756. The van der Waals surface area contributed by atoms with Crippen LogP contribution >= 0.6 is 0 Å². The second-order valence-electron chi connectivity index (χ2n) is 3.94. The van der Waals surface area contributed by atoms with Gasteiger partial charge in [-0.1, -0.05) is 0 Å². The Hall–Kier alpha value is -1.58. The summed E-state index contributed by atoms with van der Waals surface area (Å²) in [6.07, 6.45) is 0. The van der Waals surface area contributed by atoms with Crippen molar-refractivity contribution in [3.63, 3.8) is 0 Å². The Bertz CT molecular complexity index is 566. The van der Waals surface area contributed by atoms with Gasteiger partial charge in [-0.15, -0.1) is 0 Å². The molecule has 0 fully saturated rings. The van der Waals surface area contributed by atoms with Gasteiger partial charge < -0.3 is 0 Å². The van der Waals surface area contributed by atoms with Crippen LogP contribution in [-0.2, 0) is 7.05 Å². The Kier molecular flexibility index (Phi) is 2.14. The highest BCUT2D eigenvalue weighted by molar-refractivity contribution is 5.76. The summed E-state index contributed by atoms with van der Waals surface area (Å²) in [6, 6.07) is 4.48. The molecule has 0 unspecified atom stereocenters. The fourth-order valence-corrected chi connectivity index (χ4v) is 1.84. The molecule has 1 aromatic heterocycles. The topological polar surface area (TPSA) is 26.9 Å². The first-order chi connectivity index (χ1) is 7.02. The van der Waals surface area contributed by atoms with Crippen LogP contribution in [0.25, 0.3) is 11.0 Å². The van der Waals surface area contributed by atoms with Crippen molar-refractivity contribution in [2.75, 3.05) is 0 Å². The summed E-state index contributed by atoms with van der Waals surface area (Å²) in [4.78, 5) is 11.8. The molecule has 0 saturated heterocycles. The molecule has 0 aliphatic heterocycles. The maximum Gasteiger partial charge on any atom is 0.329 e. The molecule has 1 aromatic carbocycles. The lowest BCUT2D eigenvalue weighted by atomic mass is 10.3. The van der Waals surface area contributed by atoms with E-state index >= 15 is 0 Å². The van der Waals surface area contributed by atoms with E-state index in [9.17, 15) is 9.18 Å². The first-order valence-corrected chi connectivity index (χ1v) is 4.89. The van der Waals surface area contributed by atoms with Crippen molar-refractivity contribution < 1.29 is 4.39 Å². The van der Waals surface area contributed by atoms with Crippen molar-refractivity contribution in [1.82, 2.24) is 9.13 Å². The van der Waals surface area contributed by atoms with Crippen molar-refractivity contribution in [3.8, 4) is 0 Å². The summed E-state index contributed by atoms with van der Waals surface area (Å²) < 4.78 is 16.2. The average molecular weight is 208 g/mol. The predicted molar refractivity (Wildman–Crippen MR) is 57.5 cm³/mol. The van der Waals surface area contributed by atoms with Crippen LogP contribution in [0.1, 0.15) is 19.9 Å². The first-order valence-electron chi connectivity index (χ1n) is 4.89. The lowest BCUT2D eigenvalue weighted by molar-refractivity contribution is 0.583. The van der Waals surface area contributed by atoms with Crippen molar-refractivity contribution in [1.29, 1.82) is 0 Å². The minimum atomic E-state index is -0.320. The standard InChI is InChI=1S/C11H13FN2O/c1-7(2)14-9-5-4-8(12)6-10(9)13(3)11(14)15/h4-7H,1-3H3. The highest BCUT2D eigenvalue weighted by Crippen LogP contribution is 2.17. The van der Waals surface area contributed by atoms with Gasteiger partial charge in [0, 0.05) is 13.1 Å². The van der Waals surface area contributed by atoms with E-state index in [0.29, 0.717) is 5.52 Å². The van der Waals surface area contributed by atoms with Gasteiger partial charge in [0.15, 0.2) is 0 Å². The average Bonchev–Trinajstić information content (AvgIpc) is 2.41. The third-order valence-electron chi connectivity index (χ3n) is 2.57. The van der Waals surface area contributed by atoms with Gasteiger partial charge in [0.2, 0.25) is 0 Å². The molecule has 0 amide bonds. The van der Waals surface area contributed by atoms with Crippen molar-refractivity contribution in [2.45, 2.75) is 19.9 Å². The first kappa shape index (κ1) is 9.96. The van der Waals surface area contributed by atoms with Gasteiger partial charge >= 0.3 is 5.69 Å². The Balaban J connectivity index is 2.94. The molecule has 15 heavy (non-hydrogen) atoms. The second-order valence-corrected chi connectivity index (χ2v) is 3.94. The third kappa shape index (κ3) is 1.37. The Morgan fingerprint density at radius 2 is 1.93 bits per heavy atom. The molecule has 0 aliphatic rings. The number of imidazole rings is 1. The summed E-state index contributed by atoms with van der Waals surface area (Å²) in [5.41, 5.74) is 1.30. The zero-order valence-corrected chi connectivity index (χ0v) is 8.99. The lowest BCUT2D eigenvalue weighted by Crippen LogP contribution is -2.23. The molecule has 2 rings (SSSR count). The van der Waals surface area contributed by atoms with E-state index in [4.69, 9.17) is 0 Å². The van der Waals surface area contributed by atoms with E-state index in [1.807, 2.05) is 13.8 Å². The molecule has 0 spiro atoms. The second kappa shape index (κ2) is 3.22. The number of hydrogen-bond donors (Lipinski definition) is 0. The van der Waals surface area contributed by atoms with Crippen LogP contribution in [-0.4, -0.2) is 9.13 Å². The molecule has 2 aromatic rings. The van der Waals surface area contributed by atoms with Crippen LogP contribution in [0.4, 0.5) is 4.39 Å². The quantitative estimate of drug-likeness (QED) is 0.704. The largest absolute Gasteiger partial charge is 0.329 e. The van der Waals surface area contributed by atoms with Gasteiger partial charge in [0.25, 0.3) is 0 Å². The fraction of sp³-hybridized carbons (Fsp3) is 0.364. The maximum absolute atomic E-state index is 13.0. The van der Waals surface area contributed by atoms with Crippen LogP contribution in [0, 0.1) is 5.82 Å². The zero-order valence-electron chi connectivity index (χ0n) is 8.99. The SMILES string of the molecule is CC(C)n1c(=O)n(C)c2cc(F)ccc21. The number of rotatable bonds is 1. The normalized spacial score (nSPS) is 11.5. The molecule has 4 heteroatoms. The summed E-state index contributed by atoms with van der Waals surface area (Å²) in [5, 5.41) is 0. The number of aromatic nitrogens is 2. The summed E-state index contributed by atoms with van der Waals surface area (Å²) >= 11 is 0. The molecular formula is C11H13FN2O. The Morgan fingerprint density at radius 3 is 2.53 bits per heavy atom. The van der Waals surface area contributed by atoms with Gasteiger partial charge in [0.05, 0.1) is 11.0 Å². The Labute approximate surface area is 86.7 Å². The monoisotopic (exact) mass is 208 g/mol. The van der Waals surface area contributed by atoms with Crippen molar-refractivity contribution in [3.05, 3.63) is 34.5 Å². The molecule has 0 saturated carbocycles. The number of aryl methyl sites for hydroxylation is 1. The molecule has 0 radical (unpaired) electrons. The summed E-state index contributed by atoms with van der Waals surface area (Å²) in [5.74, 6) is -0.320. The van der Waals surface area contributed by atoms with Crippen LogP contribution < -0.4 is 5.69 Å². The van der Waals surface area contributed by atoms with Gasteiger partial charge in [-0.3, -0.25) is 9.13 Å². The van der Waals surface area contributed by atoms with Crippen LogP contribution in [0.15, 0.2) is 23.0 Å². The molecular weight excluding hydrogens is 195 g/mol. The minimum Gasteiger partial charge on any atom is -0.295 e. The molecule has 1 heterocycles. The molecule has 0 bridgehead atoms. The van der Waals surface area contributed by atoms with Crippen LogP contribution in [0.2, 0.25) is 0 Å². The molecule has 0 N–H and O–H groups in total. The van der Waals surface area contributed by atoms with Gasteiger partial charge in [0.1, 0.15) is 5.82 Å². The number of fused-ring (bicyclic) bond motifs is 1. The molecule has 3 nitrogen and oxygen atoms in total. The van der Waals surface area contributed by atoms with Crippen molar-refractivity contribution >= 4 is 11.0 Å². The number of nitrogens with zero attached hydrogens (tertiary/aromatic N) is 2. The van der Waals surface area contributed by atoms with E-state index < -0.39 is 0 Å². The van der Waals surface area contributed by atoms with E-state index in [-0.39, 0.29) is 17.5 Å². The molecule has 80 valence electrons. The highest BCUT2D eigenvalue weighted by atomic mass is 19.1. The van der Waals surface area contributed by atoms with Gasteiger partial charge in [-0.05, 0) is 32.0 Å².